The molecule has 1 saturated heterocycles. The summed E-state index contributed by atoms with van der Waals surface area (Å²) in [6.07, 6.45) is 0. The summed E-state index contributed by atoms with van der Waals surface area (Å²) in [6, 6.07) is 8.22. The van der Waals surface area contributed by atoms with Gasteiger partial charge < -0.3 is 10.1 Å². The molecular formula is C10H13Cl2NO. The van der Waals surface area contributed by atoms with Gasteiger partial charge in [0.1, 0.15) is 0 Å². The molecule has 0 spiro atoms. The van der Waals surface area contributed by atoms with Gasteiger partial charge in [-0.05, 0) is 17.7 Å². The average Bonchev–Trinajstić information content (AvgIpc) is 2.20. The summed E-state index contributed by atoms with van der Waals surface area (Å²) in [7, 11) is 0. The molecule has 1 aromatic carbocycles. The molecule has 1 atom stereocenters. The monoisotopic (exact) mass is 233 g/mol. The lowest BCUT2D eigenvalue weighted by Gasteiger charge is -2.24. The molecule has 0 aliphatic carbocycles. The van der Waals surface area contributed by atoms with Crippen molar-refractivity contribution in [3.8, 4) is 0 Å². The molecule has 0 amide bonds. The molecule has 1 aromatic rings. The summed E-state index contributed by atoms with van der Waals surface area (Å²) in [5.41, 5.74) is 1.24. The van der Waals surface area contributed by atoms with Crippen LogP contribution < -0.4 is 5.32 Å². The van der Waals surface area contributed by atoms with E-state index in [2.05, 4.69) is 5.32 Å². The molecular weight excluding hydrogens is 221 g/mol. The SMILES string of the molecule is Cl.Clc1ccc(C2COCCN2)cc1. The third kappa shape index (κ3) is 2.85. The van der Waals surface area contributed by atoms with E-state index in [1.54, 1.807) is 0 Å². The van der Waals surface area contributed by atoms with E-state index in [9.17, 15) is 0 Å². The van der Waals surface area contributed by atoms with E-state index in [1.165, 1.54) is 5.56 Å². The molecule has 1 unspecified atom stereocenters. The Morgan fingerprint density at radius 1 is 1.29 bits per heavy atom. The van der Waals surface area contributed by atoms with E-state index in [0.717, 1.165) is 24.8 Å². The smallest absolute Gasteiger partial charge is 0.0662 e. The largest absolute Gasteiger partial charge is 0.378 e. The highest BCUT2D eigenvalue weighted by atomic mass is 35.5. The van der Waals surface area contributed by atoms with Crippen LogP contribution in [0.25, 0.3) is 0 Å². The van der Waals surface area contributed by atoms with E-state index < -0.39 is 0 Å². The zero-order valence-electron chi connectivity index (χ0n) is 7.70. The minimum atomic E-state index is 0. The third-order valence-corrected chi connectivity index (χ3v) is 2.45. The fourth-order valence-electron chi connectivity index (χ4n) is 1.47. The fourth-order valence-corrected chi connectivity index (χ4v) is 1.60. The van der Waals surface area contributed by atoms with Crippen molar-refractivity contribution < 1.29 is 4.74 Å². The first-order valence-electron chi connectivity index (χ1n) is 4.43. The Morgan fingerprint density at radius 2 is 2.00 bits per heavy atom. The number of ether oxygens (including phenoxy) is 1. The average molecular weight is 234 g/mol. The molecule has 1 heterocycles. The van der Waals surface area contributed by atoms with Crippen LogP contribution in [0, 0.1) is 0 Å². The van der Waals surface area contributed by atoms with Gasteiger partial charge in [0.05, 0.1) is 19.3 Å². The van der Waals surface area contributed by atoms with Gasteiger partial charge in [0.15, 0.2) is 0 Å². The van der Waals surface area contributed by atoms with Crippen LogP contribution in [0.4, 0.5) is 0 Å². The highest BCUT2D eigenvalue weighted by Gasteiger charge is 2.14. The molecule has 1 aliphatic heterocycles. The van der Waals surface area contributed by atoms with Gasteiger partial charge >= 0.3 is 0 Å². The standard InChI is InChI=1S/C10H12ClNO.ClH/c11-9-3-1-8(2-4-9)10-7-13-6-5-12-10;/h1-4,10,12H,5-7H2;1H. The lowest BCUT2D eigenvalue weighted by atomic mass is 10.1. The predicted molar refractivity (Wildman–Crippen MR) is 60.3 cm³/mol. The topological polar surface area (TPSA) is 21.3 Å². The van der Waals surface area contributed by atoms with Crippen LogP contribution in [0.5, 0.6) is 0 Å². The molecule has 2 rings (SSSR count). The molecule has 4 heteroatoms. The number of hydrogen-bond acceptors (Lipinski definition) is 2. The summed E-state index contributed by atoms with van der Waals surface area (Å²) in [6.45, 7) is 2.49. The van der Waals surface area contributed by atoms with Crippen molar-refractivity contribution in [2.75, 3.05) is 19.8 Å². The lowest BCUT2D eigenvalue weighted by Crippen LogP contribution is -2.34. The van der Waals surface area contributed by atoms with Gasteiger partial charge in [-0.25, -0.2) is 0 Å². The number of nitrogens with one attached hydrogen (secondary N) is 1. The normalized spacial score (nSPS) is 21.4. The summed E-state index contributed by atoms with van der Waals surface area (Å²) in [4.78, 5) is 0. The van der Waals surface area contributed by atoms with Gasteiger partial charge in [-0.2, -0.15) is 0 Å². The molecule has 1 fully saturated rings. The Morgan fingerprint density at radius 3 is 2.57 bits per heavy atom. The predicted octanol–water partition coefficient (Wildman–Crippen LogP) is 2.42. The van der Waals surface area contributed by atoms with Crippen molar-refractivity contribution in [3.05, 3.63) is 34.9 Å². The molecule has 0 aromatic heterocycles. The van der Waals surface area contributed by atoms with Crippen LogP contribution in [0.15, 0.2) is 24.3 Å². The minimum Gasteiger partial charge on any atom is -0.378 e. The first-order valence-corrected chi connectivity index (χ1v) is 4.80. The maximum atomic E-state index is 5.80. The van der Waals surface area contributed by atoms with Crippen molar-refractivity contribution in [1.82, 2.24) is 5.32 Å². The van der Waals surface area contributed by atoms with Crippen LogP contribution in [0.3, 0.4) is 0 Å². The van der Waals surface area contributed by atoms with Gasteiger partial charge in [0.2, 0.25) is 0 Å². The summed E-state index contributed by atoms with van der Waals surface area (Å²) in [5, 5.41) is 4.16. The maximum Gasteiger partial charge on any atom is 0.0662 e. The fraction of sp³-hybridized carbons (Fsp3) is 0.400. The minimum absolute atomic E-state index is 0. The Kier molecular flexibility index (Phi) is 4.69. The van der Waals surface area contributed by atoms with Crippen LogP contribution >= 0.6 is 24.0 Å². The first-order chi connectivity index (χ1) is 6.36. The van der Waals surface area contributed by atoms with E-state index >= 15 is 0 Å². The second kappa shape index (κ2) is 5.56. The highest BCUT2D eigenvalue weighted by Crippen LogP contribution is 2.18. The Labute approximate surface area is 95.0 Å². The van der Waals surface area contributed by atoms with Gasteiger partial charge in [-0.1, -0.05) is 23.7 Å². The van der Waals surface area contributed by atoms with Crippen molar-refractivity contribution >= 4 is 24.0 Å². The summed E-state index contributed by atoms with van der Waals surface area (Å²) in [5.74, 6) is 0. The summed E-state index contributed by atoms with van der Waals surface area (Å²) < 4.78 is 5.37. The summed E-state index contributed by atoms with van der Waals surface area (Å²) >= 11 is 5.80. The van der Waals surface area contributed by atoms with Gasteiger partial charge in [0.25, 0.3) is 0 Å². The number of halogens is 2. The van der Waals surface area contributed by atoms with Crippen LogP contribution in [-0.4, -0.2) is 19.8 Å². The van der Waals surface area contributed by atoms with E-state index in [0.29, 0.717) is 6.04 Å². The molecule has 2 nitrogen and oxygen atoms in total. The molecule has 1 aliphatic rings. The number of morpholine rings is 1. The van der Waals surface area contributed by atoms with E-state index in [-0.39, 0.29) is 12.4 Å². The lowest BCUT2D eigenvalue weighted by molar-refractivity contribution is 0.0769. The molecule has 0 bridgehead atoms. The van der Waals surface area contributed by atoms with Crippen molar-refractivity contribution in [3.63, 3.8) is 0 Å². The van der Waals surface area contributed by atoms with E-state index in [4.69, 9.17) is 16.3 Å². The van der Waals surface area contributed by atoms with Gasteiger partial charge in [-0.3, -0.25) is 0 Å². The Balaban J connectivity index is 0.000000980. The zero-order valence-corrected chi connectivity index (χ0v) is 9.27. The molecule has 78 valence electrons. The van der Waals surface area contributed by atoms with Crippen LogP contribution in [-0.2, 0) is 4.74 Å². The second-order valence-electron chi connectivity index (χ2n) is 3.13. The second-order valence-corrected chi connectivity index (χ2v) is 3.57. The molecule has 0 saturated carbocycles. The quantitative estimate of drug-likeness (QED) is 0.805. The van der Waals surface area contributed by atoms with Gasteiger partial charge in [-0.15, -0.1) is 12.4 Å². The van der Waals surface area contributed by atoms with Crippen LogP contribution in [0.1, 0.15) is 11.6 Å². The molecule has 1 N–H and O–H groups in total. The number of hydrogen-bond donors (Lipinski definition) is 1. The highest BCUT2D eigenvalue weighted by molar-refractivity contribution is 6.30. The third-order valence-electron chi connectivity index (χ3n) is 2.19. The van der Waals surface area contributed by atoms with Crippen molar-refractivity contribution in [2.45, 2.75) is 6.04 Å². The van der Waals surface area contributed by atoms with E-state index in [1.807, 2.05) is 24.3 Å². The first kappa shape index (κ1) is 11.8. The maximum absolute atomic E-state index is 5.80. The zero-order chi connectivity index (χ0) is 9.10. The molecule has 0 radical (unpaired) electrons. The van der Waals surface area contributed by atoms with Gasteiger partial charge in [0, 0.05) is 11.6 Å². The van der Waals surface area contributed by atoms with Crippen molar-refractivity contribution in [1.29, 1.82) is 0 Å². The van der Waals surface area contributed by atoms with Crippen molar-refractivity contribution in [2.24, 2.45) is 0 Å². The Bertz CT molecular complexity index is 270. The number of rotatable bonds is 1. The van der Waals surface area contributed by atoms with Crippen LogP contribution in [0.2, 0.25) is 5.02 Å². The molecule has 14 heavy (non-hydrogen) atoms. The number of benzene rings is 1. The Hall–Kier alpha value is -0.280.